The number of esters is 1. The SMILES string of the molecule is CNS(=O)(=O)c1cc(C(=O)OC(C)C(=O)NCc2ccc(OC)c(OC)c2)n(C)c1. The van der Waals surface area contributed by atoms with E-state index in [1.165, 1.54) is 52.1 Å². The van der Waals surface area contributed by atoms with E-state index in [1.807, 2.05) is 0 Å². The molecule has 0 fully saturated rings. The predicted molar refractivity (Wildman–Crippen MR) is 108 cm³/mol. The summed E-state index contributed by atoms with van der Waals surface area (Å²) in [6.07, 6.45) is 0.196. The Hall–Kier alpha value is -3.05. The minimum absolute atomic E-state index is 0.00312. The lowest BCUT2D eigenvalue weighted by Crippen LogP contribution is -2.35. The number of hydrogen-bond donors (Lipinski definition) is 2. The van der Waals surface area contributed by atoms with Gasteiger partial charge in [0.2, 0.25) is 10.0 Å². The van der Waals surface area contributed by atoms with Crippen molar-refractivity contribution in [2.24, 2.45) is 7.05 Å². The highest BCUT2D eigenvalue weighted by Crippen LogP contribution is 2.27. The fourth-order valence-electron chi connectivity index (χ4n) is 2.60. The van der Waals surface area contributed by atoms with E-state index in [4.69, 9.17) is 14.2 Å². The Kier molecular flexibility index (Phi) is 7.46. The molecule has 164 valence electrons. The summed E-state index contributed by atoms with van der Waals surface area (Å²) in [5.41, 5.74) is 0.771. The Bertz CT molecular complexity index is 1030. The maximum Gasteiger partial charge on any atom is 0.355 e. The number of rotatable bonds is 9. The number of nitrogens with zero attached hydrogens (tertiary/aromatic N) is 1. The Labute approximate surface area is 175 Å². The third-order valence-electron chi connectivity index (χ3n) is 4.34. The van der Waals surface area contributed by atoms with E-state index in [-0.39, 0.29) is 17.1 Å². The van der Waals surface area contributed by atoms with Crippen molar-refractivity contribution in [1.29, 1.82) is 0 Å². The van der Waals surface area contributed by atoms with Crippen molar-refractivity contribution < 1.29 is 32.2 Å². The first-order valence-corrected chi connectivity index (χ1v) is 10.4. The van der Waals surface area contributed by atoms with E-state index in [0.717, 1.165) is 5.56 Å². The van der Waals surface area contributed by atoms with Gasteiger partial charge in [0.25, 0.3) is 5.91 Å². The number of benzene rings is 1. The van der Waals surface area contributed by atoms with Gasteiger partial charge in [0.05, 0.1) is 14.2 Å². The Morgan fingerprint density at radius 2 is 1.80 bits per heavy atom. The molecule has 0 saturated carbocycles. The lowest BCUT2D eigenvalue weighted by Gasteiger charge is -2.14. The van der Waals surface area contributed by atoms with Crippen molar-refractivity contribution >= 4 is 21.9 Å². The summed E-state index contributed by atoms with van der Waals surface area (Å²) < 4.78 is 42.8. The highest BCUT2D eigenvalue weighted by Gasteiger charge is 2.24. The second-order valence-electron chi connectivity index (χ2n) is 6.33. The zero-order chi connectivity index (χ0) is 22.5. The smallest absolute Gasteiger partial charge is 0.355 e. The average molecular weight is 439 g/mol. The Morgan fingerprint density at radius 1 is 1.13 bits per heavy atom. The van der Waals surface area contributed by atoms with Crippen LogP contribution in [0.3, 0.4) is 0 Å². The predicted octanol–water partition coefficient (Wildman–Crippen LogP) is 0.812. The second-order valence-corrected chi connectivity index (χ2v) is 8.22. The van der Waals surface area contributed by atoms with Crippen LogP contribution in [0.15, 0.2) is 35.4 Å². The molecule has 1 aromatic carbocycles. The summed E-state index contributed by atoms with van der Waals surface area (Å²) in [6, 6.07) is 6.40. The highest BCUT2D eigenvalue weighted by molar-refractivity contribution is 7.89. The molecule has 0 aliphatic rings. The van der Waals surface area contributed by atoms with Crippen molar-refractivity contribution in [2.45, 2.75) is 24.5 Å². The molecule has 10 nitrogen and oxygen atoms in total. The number of aryl methyl sites for hydroxylation is 1. The zero-order valence-electron chi connectivity index (χ0n) is 17.4. The third kappa shape index (κ3) is 5.30. The number of aromatic nitrogens is 1. The maximum atomic E-state index is 12.4. The summed E-state index contributed by atoms with van der Waals surface area (Å²) in [5.74, 6) is -0.226. The fourth-order valence-corrected chi connectivity index (χ4v) is 3.40. The van der Waals surface area contributed by atoms with E-state index in [0.29, 0.717) is 11.5 Å². The van der Waals surface area contributed by atoms with Crippen LogP contribution in [0, 0.1) is 0 Å². The molecule has 1 amide bonds. The van der Waals surface area contributed by atoms with Crippen molar-refractivity contribution in [3.8, 4) is 11.5 Å². The van der Waals surface area contributed by atoms with E-state index >= 15 is 0 Å². The van der Waals surface area contributed by atoms with Gasteiger partial charge in [0.1, 0.15) is 10.6 Å². The van der Waals surface area contributed by atoms with Crippen molar-refractivity contribution in [1.82, 2.24) is 14.6 Å². The van der Waals surface area contributed by atoms with Crippen molar-refractivity contribution in [3.05, 3.63) is 41.7 Å². The molecule has 0 bridgehead atoms. The third-order valence-corrected chi connectivity index (χ3v) is 5.72. The number of carbonyl (C=O) groups is 2. The molecule has 11 heteroatoms. The second kappa shape index (κ2) is 9.63. The van der Waals surface area contributed by atoms with E-state index in [9.17, 15) is 18.0 Å². The van der Waals surface area contributed by atoms with Gasteiger partial charge < -0.3 is 24.1 Å². The molecule has 0 aliphatic carbocycles. The van der Waals surface area contributed by atoms with Crippen LogP contribution in [-0.4, -0.2) is 52.2 Å². The van der Waals surface area contributed by atoms with Crippen LogP contribution in [0.4, 0.5) is 0 Å². The monoisotopic (exact) mass is 439 g/mol. The number of sulfonamides is 1. The lowest BCUT2D eigenvalue weighted by atomic mass is 10.2. The lowest BCUT2D eigenvalue weighted by molar-refractivity contribution is -0.129. The van der Waals surface area contributed by atoms with Crippen molar-refractivity contribution in [3.63, 3.8) is 0 Å². The number of ether oxygens (including phenoxy) is 3. The Morgan fingerprint density at radius 3 is 2.40 bits per heavy atom. The number of methoxy groups -OCH3 is 2. The van der Waals surface area contributed by atoms with Crippen LogP contribution in [0.5, 0.6) is 11.5 Å². The van der Waals surface area contributed by atoms with Gasteiger partial charge in [-0.25, -0.2) is 17.9 Å². The molecule has 30 heavy (non-hydrogen) atoms. The maximum absolute atomic E-state index is 12.4. The number of carbonyl (C=O) groups excluding carboxylic acids is 2. The normalized spacial score (nSPS) is 12.2. The topological polar surface area (TPSA) is 125 Å². The van der Waals surface area contributed by atoms with E-state index in [2.05, 4.69) is 10.0 Å². The van der Waals surface area contributed by atoms with Crippen LogP contribution in [0.1, 0.15) is 23.0 Å². The van der Waals surface area contributed by atoms with Gasteiger partial charge in [0.15, 0.2) is 17.6 Å². The molecular weight excluding hydrogens is 414 g/mol. The molecule has 0 saturated heterocycles. The largest absolute Gasteiger partial charge is 0.493 e. The minimum atomic E-state index is -3.71. The van der Waals surface area contributed by atoms with Gasteiger partial charge in [-0.2, -0.15) is 0 Å². The molecule has 2 aromatic rings. The first kappa shape index (κ1) is 23.2. The summed E-state index contributed by atoms with van der Waals surface area (Å²) >= 11 is 0. The van der Waals surface area contributed by atoms with E-state index in [1.54, 1.807) is 18.2 Å². The molecule has 0 spiro atoms. The first-order valence-electron chi connectivity index (χ1n) is 8.92. The van der Waals surface area contributed by atoms with Crippen LogP contribution < -0.4 is 19.5 Å². The van der Waals surface area contributed by atoms with Crippen LogP contribution >= 0.6 is 0 Å². The van der Waals surface area contributed by atoms with Crippen LogP contribution in [0.25, 0.3) is 0 Å². The summed E-state index contributed by atoms with van der Waals surface area (Å²) in [6.45, 7) is 1.62. The van der Waals surface area contributed by atoms with Gasteiger partial charge in [-0.1, -0.05) is 6.07 Å². The van der Waals surface area contributed by atoms with Crippen LogP contribution in [0.2, 0.25) is 0 Å². The molecule has 2 rings (SSSR count). The minimum Gasteiger partial charge on any atom is -0.493 e. The molecule has 1 unspecified atom stereocenters. The van der Waals surface area contributed by atoms with Gasteiger partial charge in [-0.05, 0) is 37.7 Å². The van der Waals surface area contributed by atoms with Crippen LogP contribution in [-0.2, 0) is 33.1 Å². The molecule has 0 radical (unpaired) electrons. The quantitative estimate of drug-likeness (QED) is 0.554. The van der Waals surface area contributed by atoms with Gasteiger partial charge in [-0.15, -0.1) is 0 Å². The summed E-state index contributed by atoms with van der Waals surface area (Å²) in [4.78, 5) is 24.6. The zero-order valence-corrected chi connectivity index (χ0v) is 18.2. The number of amides is 1. The fraction of sp³-hybridized carbons (Fsp3) is 0.368. The molecule has 1 aromatic heterocycles. The van der Waals surface area contributed by atoms with Gasteiger partial charge >= 0.3 is 5.97 Å². The molecule has 1 atom stereocenters. The van der Waals surface area contributed by atoms with Gasteiger partial charge in [0, 0.05) is 19.8 Å². The number of hydrogen-bond acceptors (Lipinski definition) is 7. The first-order chi connectivity index (χ1) is 14.1. The summed E-state index contributed by atoms with van der Waals surface area (Å²) in [7, 11) is 2.11. The molecule has 0 aliphatic heterocycles. The average Bonchev–Trinajstić information content (AvgIpc) is 3.14. The summed E-state index contributed by atoms with van der Waals surface area (Å²) in [5, 5.41) is 2.67. The highest BCUT2D eigenvalue weighted by atomic mass is 32.2. The van der Waals surface area contributed by atoms with Crippen molar-refractivity contribution in [2.75, 3.05) is 21.3 Å². The molecule has 2 N–H and O–H groups in total. The molecule has 1 heterocycles. The Balaban J connectivity index is 2.00. The number of nitrogens with one attached hydrogen (secondary N) is 2. The van der Waals surface area contributed by atoms with E-state index < -0.39 is 28.0 Å². The molecular formula is C19H25N3O7S. The standard InChI is InChI=1S/C19H25N3O7S/c1-12(18(23)21-10-13-6-7-16(27-4)17(8-13)28-5)29-19(24)15-9-14(11-22(15)3)30(25,26)20-2/h6-9,11-12,20H,10H2,1-5H3,(H,21,23). The van der Waals surface area contributed by atoms with Gasteiger partial charge in [-0.3, -0.25) is 4.79 Å².